The summed E-state index contributed by atoms with van der Waals surface area (Å²) in [5.41, 5.74) is 1.53. The van der Waals surface area contributed by atoms with E-state index < -0.39 is 0 Å². The summed E-state index contributed by atoms with van der Waals surface area (Å²) in [7, 11) is 0. The van der Waals surface area contributed by atoms with E-state index in [-0.39, 0.29) is 5.92 Å². The Morgan fingerprint density at radius 2 is 2.21 bits per heavy atom. The highest BCUT2D eigenvalue weighted by atomic mass is 16.3. The highest BCUT2D eigenvalue weighted by Crippen LogP contribution is 2.26. The van der Waals surface area contributed by atoms with Gasteiger partial charge in [0.25, 0.3) is 0 Å². The maximum Gasteiger partial charge on any atom is 0.205 e. The quantitative estimate of drug-likeness (QED) is 0.682. The average molecular weight is 189 g/mol. The first-order valence-corrected chi connectivity index (χ1v) is 4.54. The molecule has 2 rings (SSSR count). The molecule has 0 atom stereocenters. The average Bonchev–Trinajstić information content (AvgIpc) is 2.56. The van der Waals surface area contributed by atoms with Gasteiger partial charge in [-0.15, -0.1) is 4.91 Å². The van der Waals surface area contributed by atoms with Gasteiger partial charge in [0.05, 0.1) is 5.69 Å². The largest absolute Gasteiger partial charge is 0.282 e. The van der Waals surface area contributed by atoms with Crippen LogP contribution in [-0.2, 0) is 0 Å². The lowest BCUT2D eigenvalue weighted by atomic mass is 10.1. The summed E-state index contributed by atoms with van der Waals surface area (Å²) < 4.78 is 1.71. The summed E-state index contributed by atoms with van der Waals surface area (Å²) in [6, 6.07) is 5.61. The Labute approximate surface area is 81.6 Å². The van der Waals surface area contributed by atoms with Crippen LogP contribution in [-0.4, -0.2) is 9.38 Å². The molecule has 0 bridgehead atoms. The molecule has 0 N–H and O–H groups in total. The fourth-order valence-corrected chi connectivity index (χ4v) is 1.48. The van der Waals surface area contributed by atoms with E-state index in [4.69, 9.17) is 0 Å². The first-order chi connectivity index (χ1) is 6.74. The molecule has 2 aromatic heterocycles. The maximum atomic E-state index is 10.7. The van der Waals surface area contributed by atoms with E-state index in [1.165, 1.54) is 0 Å². The van der Waals surface area contributed by atoms with Crippen molar-refractivity contribution in [3.63, 3.8) is 0 Å². The second-order valence-corrected chi connectivity index (χ2v) is 3.50. The summed E-state index contributed by atoms with van der Waals surface area (Å²) >= 11 is 0. The zero-order valence-corrected chi connectivity index (χ0v) is 8.14. The predicted molar refractivity (Wildman–Crippen MR) is 54.7 cm³/mol. The van der Waals surface area contributed by atoms with E-state index in [1.807, 2.05) is 32.0 Å². The molecule has 0 radical (unpaired) electrons. The second kappa shape index (κ2) is 3.21. The lowest BCUT2D eigenvalue weighted by molar-refractivity contribution is 0.834. The summed E-state index contributed by atoms with van der Waals surface area (Å²) in [6.07, 6.45) is 1.80. The molecule has 4 nitrogen and oxygen atoms in total. The molecule has 2 aromatic rings. The molecule has 0 amide bonds. The Balaban J connectivity index is 2.78. The molecule has 2 heterocycles. The highest BCUT2D eigenvalue weighted by molar-refractivity contribution is 5.52. The van der Waals surface area contributed by atoms with Crippen molar-refractivity contribution in [2.24, 2.45) is 5.18 Å². The number of hydrogen-bond donors (Lipinski definition) is 0. The van der Waals surface area contributed by atoms with Crippen molar-refractivity contribution in [3.05, 3.63) is 35.0 Å². The summed E-state index contributed by atoms with van der Waals surface area (Å²) in [4.78, 5) is 15.0. The van der Waals surface area contributed by atoms with Crippen molar-refractivity contribution in [2.75, 3.05) is 0 Å². The van der Waals surface area contributed by atoms with Crippen LogP contribution in [0.3, 0.4) is 0 Å². The molecule has 0 unspecified atom stereocenters. The minimum absolute atomic E-state index is 0.211. The third kappa shape index (κ3) is 1.19. The van der Waals surface area contributed by atoms with Crippen LogP contribution < -0.4 is 0 Å². The van der Waals surface area contributed by atoms with E-state index >= 15 is 0 Å². The molecule has 0 fully saturated rings. The van der Waals surface area contributed by atoms with Crippen LogP contribution in [0.5, 0.6) is 0 Å². The molecule has 14 heavy (non-hydrogen) atoms. The Hall–Kier alpha value is -1.71. The lowest BCUT2D eigenvalue weighted by Crippen LogP contribution is -1.87. The fourth-order valence-electron chi connectivity index (χ4n) is 1.48. The van der Waals surface area contributed by atoms with Crippen molar-refractivity contribution in [2.45, 2.75) is 19.8 Å². The molecule has 4 heteroatoms. The predicted octanol–water partition coefficient (Wildman–Crippen LogP) is 2.86. The third-order valence-corrected chi connectivity index (χ3v) is 2.16. The molecule has 72 valence electrons. The van der Waals surface area contributed by atoms with E-state index in [9.17, 15) is 4.91 Å². The molecule has 0 aromatic carbocycles. The van der Waals surface area contributed by atoms with E-state index in [0.717, 1.165) is 11.3 Å². The zero-order chi connectivity index (χ0) is 10.1. The van der Waals surface area contributed by atoms with Crippen LogP contribution >= 0.6 is 0 Å². The number of aromatic nitrogens is 2. The summed E-state index contributed by atoms with van der Waals surface area (Å²) in [5, 5.41) is 3.03. The Morgan fingerprint density at radius 1 is 1.43 bits per heavy atom. The Morgan fingerprint density at radius 3 is 2.86 bits per heavy atom. The fraction of sp³-hybridized carbons (Fsp3) is 0.300. The maximum absolute atomic E-state index is 10.7. The summed E-state index contributed by atoms with van der Waals surface area (Å²) in [5.74, 6) is 0.623. The van der Waals surface area contributed by atoms with E-state index in [1.54, 1.807) is 10.6 Å². The van der Waals surface area contributed by atoms with Gasteiger partial charge in [0, 0.05) is 6.20 Å². The van der Waals surface area contributed by atoms with Gasteiger partial charge >= 0.3 is 0 Å². The number of rotatable bonds is 2. The van der Waals surface area contributed by atoms with Crippen LogP contribution in [0.15, 0.2) is 29.6 Å². The van der Waals surface area contributed by atoms with Gasteiger partial charge in [-0.1, -0.05) is 19.9 Å². The van der Waals surface area contributed by atoms with Gasteiger partial charge in [-0.2, -0.15) is 0 Å². The number of hydrogen-bond acceptors (Lipinski definition) is 3. The molecule has 0 saturated heterocycles. The highest BCUT2D eigenvalue weighted by Gasteiger charge is 2.14. The molecule has 0 aliphatic carbocycles. The smallest absolute Gasteiger partial charge is 0.205 e. The van der Waals surface area contributed by atoms with Crippen LogP contribution in [0.25, 0.3) is 5.65 Å². The molecule has 0 aliphatic rings. The van der Waals surface area contributed by atoms with Crippen LogP contribution in [0.2, 0.25) is 0 Å². The topological polar surface area (TPSA) is 46.7 Å². The Bertz CT molecular complexity index is 473. The van der Waals surface area contributed by atoms with Crippen molar-refractivity contribution in [3.8, 4) is 0 Å². The molecular formula is C10H11N3O. The van der Waals surface area contributed by atoms with Gasteiger partial charge in [0.1, 0.15) is 5.65 Å². The molecule has 0 saturated carbocycles. The summed E-state index contributed by atoms with van der Waals surface area (Å²) in [6.45, 7) is 3.99. The van der Waals surface area contributed by atoms with E-state index in [2.05, 4.69) is 10.2 Å². The third-order valence-electron chi connectivity index (χ3n) is 2.16. The van der Waals surface area contributed by atoms with E-state index in [0.29, 0.717) is 5.82 Å². The number of imidazole rings is 1. The molecule has 0 spiro atoms. The van der Waals surface area contributed by atoms with Crippen molar-refractivity contribution in [1.82, 2.24) is 9.38 Å². The monoisotopic (exact) mass is 189 g/mol. The molecule has 0 aliphatic heterocycles. The van der Waals surface area contributed by atoms with Crippen molar-refractivity contribution < 1.29 is 0 Å². The Kier molecular flexibility index (Phi) is 2.04. The lowest BCUT2D eigenvalue weighted by Gasteiger charge is -1.98. The zero-order valence-electron chi connectivity index (χ0n) is 8.14. The first kappa shape index (κ1) is 8.87. The second-order valence-electron chi connectivity index (χ2n) is 3.50. The van der Waals surface area contributed by atoms with Gasteiger partial charge in [-0.05, 0) is 23.2 Å². The van der Waals surface area contributed by atoms with Crippen LogP contribution in [0.1, 0.15) is 25.5 Å². The van der Waals surface area contributed by atoms with Gasteiger partial charge in [0.15, 0.2) is 0 Å². The van der Waals surface area contributed by atoms with Gasteiger partial charge in [0.2, 0.25) is 5.82 Å². The normalized spacial score (nSPS) is 11.1. The van der Waals surface area contributed by atoms with Crippen LogP contribution in [0.4, 0.5) is 5.82 Å². The standard InChI is InChI=1S/C10H11N3O/c1-7(2)9-10(12-14)13-6-4-3-5-8(13)11-9/h3-7H,1-2H3. The first-order valence-electron chi connectivity index (χ1n) is 4.54. The van der Waals surface area contributed by atoms with Crippen molar-refractivity contribution in [1.29, 1.82) is 0 Å². The van der Waals surface area contributed by atoms with Gasteiger partial charge in [-0.25, -0.2) is 4.98 Å². The number of nitroso groups, excluding NO2 is 1. The number of nitrogens with zero attached hydrogens (tertiary/aromatic N) is 3. The minimum Gasteiger partial charge on any atom is -0.282 e. The van der Waals surface area contributed by atoms with Gasteiger partial charge in [-0.3, -0.25) is 4.40 Å². The number of fused-ring (bicyclic) bond motifs is 1. The molecular weight excluding hydrogens is 178 g/mol. The van der Waals surface area contributed by atoms with Gasteiger partial charge < -0.3 is 0 Å². The van der Waals surface area contributed by atoms with Crippen molar-refractivity contribution >= 4 is 11.5 Å². The van der Waals surface area contributed by atoms with Crippen LogP contribution in [0, 0.1) is 4.91 Å². The minimum atomic E-state index is 0.211. The number of pyridine rings is 1. The SMILES string of the molecule is CC(C)c1nc2ccccn2c1N=O.